The molecule has 1 aliphatic rings. The molecular formula is C23H27ClN2O2S. The van der Waals surface area contributed by atoms with E-state index in [9.17, 15) is 9.59 Å². The zero-order chi connectivity index (χ0) is 21.2. The third-order valence-electron chi connectivity index (χ3n) is 5.47. The monoisotopic (exact) mass is 430 g/mol. The van der Waals surface area contributed by atoms with Crippen molar-refractivity contribution in [3.05, 3.63) is 63.5 Å². The van der Waals surface area contributed by atoms with Crippen LogP contribution in [0.1, 0.15) is 58.3 Å². The predicted molar refractivity (Wildman–Crippen MR) is 121 cm³/mol. The quantitative estimate of drug-likeness (QED) is 0.596. The predicted octanol–water partition coefficient (Wildman–Crippen LogP) is 5.72. The number of nitrogens with one attached hydrogen (secondary N) is 2. The molecule has 0 radical (unpaired) electrons. The van der Waals surface area contributed by atoms with Gasteiger partial charge in [-0.15, -0.1) is 17.9 Å². The van der Waals surface area contributed by atoms with Gasteiger partial charge in [0.05, 0.1) is 16.1 Å². The Morgan fingerprint density at radius 1 is 1.28 bits per heavy atom. The minimum atomic E-state index is -0.306. The van der Waals surface area contributed by atoms with Gasteiger partial charge in [0.25, 0.3) is 11.8 Å². The van der Waals surface area contributed by atoms with Crippen molar-refractivity contribution in [3.63, 3.8) is 0 Å². The van der Waals surface area contributed by atoms with Gasteiger partial charge in [-0.05, 0) is 48.3 Å². The van der Waals surface area contributed by atoms with E-state index in [0.717, 1.165) is 24.8 Å². The van der Waals surface area contributed by atoms with Gasteiger partial charge in [-0.1, -0.05) is 50.6 Å². The normalized spacial score (nSPS) is 16.1. The standard InChI is InChI=1S/C23H27ClN2O2S/c1-5-12-25-21(28)19-16-11-10-14(23(2,3)4)13-18(16)29-22(19)26-20(27)15-8-6-7-9-17(15)24/h5-9,14H,1,10-13H2,2-4H3,(H,25,28)(H,26,27)/t14-/m0/s1. The van der Waals surface area contributed by atoms with Crippen LogP contribution in [0.25, 0.3) is 0 Å². The molecule has 2 amide bonds. The molecule has 2 aromatic rings. The van der Waals surface area contributed by atoms with Gasteiger partial charge in [-0.2, -0.15) is 0 Å². The number of benzene rings is 1. The lowest BCUT2D eigenvalue weighted by molar-refractivity contribution is 0.0957. The second kappa shape index (κ2) is 8.72. The van der Waals surface area contributed by atoms with Crippen molar-refractivity contribution < 1.29 is 9.59 Å². The van der Waals surface area contributed by atoms with Crippen LogP contribution >= 0.6 is 22.9 Å². The number of carbonyl (C=O) groups is 2. The van der Waals surface area contributed by atoms with E-state index in [1.54, 1.807) is 30.3 Å². The van der Waals surface area contributed by atoms with Crippen molar-refractivity contribution in [2.75, 3.05) is 11.9 Å². The zero-order valence-corrected chi connectivity index (χ0v) is 18.7. The van der Waals surface area contributed by atoms with E-state index in [1.807, 2.05) is 0 Å². The number of thiophene rings is 1. The minimum absolute atomic E-state index is 0.175. The summed E-state index contributed by atoms with van der Waals surface area (Å²) in [6, 6.07) is 6.91. The maximum atomic E-state index is 12.9. The van der Waals surface area contributed by atoms with Crippen LogP contribution in [-0.2, 0) is 12.8 Å². The van der Waals surface area contributed by atoms with Crippen LogP contribution in [0, 0.1) is 11.3 Å². The fourth-order valence-corrected chi connectivity index (χ4v) is 5.26. The zero-order valence-electron chi connectivity index (χ0n) is 17.1. The lowest BCUT2D eigenvalue weighted by Crippen LogP contribution is -2.28. The minimum Gasteiger partial charge on any atom is -0.348 e. The fraction of sp³-hybridized carbons (Fsp3) is 0.391. The first-order valence-corrected chi connectivity index (χ1v) is 11.0. The molecule has 3 rings (SSSR count). The first kappa shape index (κ1) is 21.6. The van der Waals surface area contributed by atoms with Crippen molar-refractivity contribution in [2.24, 2.45) is 11.3 Å². The summed E-state index contributed by atoms with van der Waals surface area (Å²) in [6.45, 7) is 10.8. The molecule has 154 valence electrons. The first-order valence-electron chi connectivity index (χ1n) is 9.82. The molecule has 0 saturated carbocycles. The summed E-state index contributed by atoms with van der Waals surface area (Å²) in [7, 11) is 0. The van der Waals surface area contributed by atoms with Crippen molar-refractivity contribution in [3.8, 4) is 0 Å². The number of hydrogen-bond acceptors (Lipinski definition) is 3. The van der Waals surface area contributed by atoms with E-state index >= 15 is 0 Å². The van der Waals surface area contributed by atoms with Crippen LogP contribution < -0.4 is 10.6 Å². The molecule has 0 fully saturated rings. The SMILES string of the molecule is C=CCNC(=O)c1c(NC(=O)c2ccccc2Cl)sc2c1CC[C@H](C(C)(C)C)C2. The molecule has 4 nitrogen and oxygen atoms in total. The van der Waals surface area contributed by atoms with E-state index in [-0.39, 0.29) is 17.2 Å². The molecule has 1 aromatic carbocycles. The van der Waals surface area contributed by atoms with Gasteiger partial charge >= 0.3 is 0 Å². The van der Waals surface area contributed by atoms with Crippen LogP contribution in [0.5, 0.6) is 0 Å². The lowest BCUT2D eigenvalue weighted by atomic mass is 9.72. The Labute approximate surface area is 181 Å². The average Bonchev–Trinajstić information content (AvgIpc) is 3.02. The van der Waals surface area contributed by atoms with E-state index in [2.05, 4.69) is 38.0 Å². The van der Waals surface area contributed by atoms with Gasteiger partial charge in [-0.25, -0.2) is 0 Å². The Hall–Kier alpha value is -2.11. The summed E-state index contributed by atoms with van der Waals surface area (Å²) in [6.07, 6.45) is 4.45. The van der Waals surface area contributed by atoms with Crippen molar-refractivity contribution in [2.45, 2.75) is 40.0 Å². The largest absolute Gasteiger partial charge is 0.348 e. The topological polar surface area (TPSA) is 58.2 Å². The number of fused-ring (bicyclic) bond motifs is 1. The van der Waals surface area contributed by atoms with Gasteiger partial charge in [-0.3, -0.25) is 9.59 Å². The van der Waals surface area contributed by atoms with E-state index < -0.39 is 0 Å². The van der Waals surface area contributed by atoms with Crippen LogP contribution in [0.15, 0.2) is 36.9 Å². The highest BCUT2D eigenvalue weighted by Crippen LogP contribution is 2.44. The van der Waals surface area contributed by atoms with Crippen LogP contribution in [0.4, 0.5) is 5.00 Å². The molecule has 29 heavy (non-hydrogen) atoms. The number of anilines is 1. The van der Waals surface area contributed by atoms with Crippen molar-refractivity contribution in [1.29, 1.82) is 0 Å². The first-order chi connectivity index (χ1) is 13.7. The van der Waals surface area contributed by atoms with Gasteiger partial charge in [0.2, 0.25) is 0 Å². The highest BCUT2D eigenvalue weighted by Gasteiger charge is 2.34. The third kappa shape index (κ3) is 4.73. The smallest absolute Gasteiger partial charge is 0.257 e. The molecule has 1 heterocycles. The Bertz CT molecular complexity index is 943. The summed E-state index contributed by atoms with van der Waals surface area (Å²) in [4.78, 5) is 26.9. The summed E-state index contributed by atoms with van der Waals surface area (Å²) < 4.78 is 0. The number of amides is 2. The second-order valence-corrected chi connectivity index (χ2v) is 9.96. The molecule has 0 aliphatic heterocycles. The highest BCUT2D eigenvalue weighted by molar-refractivity contribution is 7.17. The third-order valence-corrected chi connectivity index (χ3v) is 6.97. The maximum absolute atomic E-state index is 12.9. The van der Waals surface area contributed by atoms with Crippen LogP contribution in [0.3, 0.4) is 0 Å². The van der Waals surface area contributed by atoms with Crippen LogP contribution in [0.2, 0.25) is 5.02 Å². The van der Waals surface area contributed by atoms with Gasteiger partial charge in [0.1, 0.15) is 5.00 Å². The molecule has 0 bridgehead atoms. The molecule has 1 atom stereocenters. The molecular weight excluding hydrogens is 404 g/mol. The molecule has 0 unspecified atom stereocenters. The summed E-state index contributed by atoms with van der Waals surface area (Å²) in [5.41, 5.74) is 2.24. The summed E-state index contributed by atoms with van der Waals surface area (Å²) in [5.74, 6) is 0.0651. The van der Waals surface area contributed by atoms with Gasteiger partial charge in [0.15, 0.2) is 0 Å². The Morgan fingerprint density at radius 3 is 2.66 bits per heavy atom. The summed E-state index contributed by atoms with van der Waals surface area (Å²) >= 11 is 7.69. The van der Waals surface area contributed by atoms with Crippen molar-refractivity contribution in [1.82, 2.24) is 5.32 Å². The number of carbonyl (C=O) groups excluding carboxylic acids is 2. The highest BCUT2D eigenvalue weighted by atomic mass is 35.5. The number of halogens is 1. The number of rotatable bonds is 5. The summed E-state index contributed by atoms with van der Waals surface area (Å²) in [5, 5.41) is 6.79. The van der Waals surface area contributed by atoms with E-state index in [4.69, 9.17) is 11.6 Å². The van der Waals surface area contributed by atoms with E-state index in [1.165, 1.54) is 16.2 Å². The average molecular weight is 431 g/mol. The van der Waals surface area contributed by atoms with Crippen LogP contribution in [-0.4, -0.2) is 18.4 Å². The second-order valence-electron chi connectivity index (χ2n) is 8.45. The fourth-order valence-electron chi connectivity index (χ4n) is 3.72. The molecule has 2 N–H and O–H groups in total. The Morgan fingerprint density at radius 2 is 2.00 bits per heavy atom. The van der Waals surface area contributed by atoms with E-state index in [0.29, 0.717) is 33.6 Å². The van der Waals surface area contributed by atoms with Gasteiger partial charge < -0.3 is 10.6 Å². The Balaban J connectivity index is 1.96. The number of hydrogen-bond donors (Lipinski definition) is 2. The molecule has 6 heteroatoms. The maximum Gasteiger partial charge on any atom is 0.257 e. The molecule has 0 spiro atoms. The molecule has 0 saturated heterocycles. The molecule has 1 aromatic heterocycles. The van der Waals surface area contributed by atoms with Crippen molar-refractivity contribution >= 4 is 39.8 Å². The lowest BCUT2D eigenvalue weighted by Gasteiger charge is -2.33. The molecule has 1 aliphatic carbocycles. The Kier molecular flexibility index (Phi) is 6.49. The van der Waals surface area contributed by atoms with Gasteiger partial charge in [0, 0.05) is 11.4 Å².